The van der Waals surface area contributed by atoms with Gasteiger partial charge in [0.2, 0.25) is 5.91 Å². The third kappa shape index (κ3) is 5.24. The number of hydrogen-bond acceptors (Lipinski definition) is 4. The summed E-state index contributed by atoms with van der Waals surface area (Å²) in [6.45, 7) is 7.43. The number of carboxylic acid groups (broad SMARTS) is 1. The highest BCUT2D eigenvalue weighted by Gasteiger charge is 2.36. The van der Waals surface area contributed by atoms with Gasteiger partial charge in [0, 0.05) is 12.5 Å². The highest BCUT2D eigenvalue weighted by atomic mass is 16.5. The molecule has 3 rings (SSSR count). The van der Waals surface area contributed by atoms with Crippen LogP contribution in [-0.4, -0.2) is 42.3 Å². The molecule has 3 N–H and O–H groups in total. The maximum atomic E-state index is 12.9. The number of fused-ring (bicyclic) bond motifs is 3. The predicted molar refractivity (Wildman–Crippen MR) is 130 cm³/mol. The number of ether oxygens (including phenoxy) is 1. The van der Waals surface area contributed by atoms with Gasteiger partial charge < -0.3 is 20.5 Å². The maximum absolute atomic E-state index is 12.9. The number of benzene rings is 2. The number of amides is 2. The summed E-state index contributed by atoms with van der Waals surface area (Å²) in [6, 6.07) is 15.2. The van der Waals surface area contributed by atoms with Gasteiger partial charge in [-0.25, -0.2) is 9.59 Å². The Balaban J connectivity index is 1.61. The number of aliphatic carboxylic acids is 1. The second-order valence-corrected chi connectivity index (χ2v) is 9.27. The number of hydrogen-bond donors (Lipinski definition) is 3. The number of nitrogens with one attached hydrogen (secondary N) is 2. The van der Waals surface area contributed by atoms with E-state index in [1.165, 1.54) is 0 Å². The summed E-state index contributed by atoms with van der Waals surface area (Å²) < 4.78 is 5.56. The van der Waals surface area contributed by atoms with Gasteiger partial charge in [0.15, 0.2) is 0 Å². The van der Waals surface area contributed by atoms with Crippen LogP contribution in [0.2, 0.25) is 0 Å². The molecule has 0 aromatic heterocycles. The monoisotopic (exact) mass is 466 g/mol. The summed E-state index contributed by atoms with van der Waals surface area (Å²) >= 11 is 0. The minimum atomic E-state index is -1.06. The fourth-order valence-corrected chi connectivity index (χ4v) is 4.28. The predicted octanol–water partition coefficient (Wildman–Crippen LogP) is 4.56. The molecule has 7 heteroatoms. The molecule has 0 saturated carbocycles. The van der Waals surface area contributed by atoms with Crippen molar-refractivity contribution in [2.75, 3.05) is 13.2 Å². The molecule has 1 aliphatic carbocycles. The molecule has 0 heterocycles. The number of carbonyl (C=O) groups is 3. The summed E-state index contributed by atoms with van der Waals surface area (Å²) in [5, 5.41) is 14.8. The fourth-order valence-electron chi connectivity index (χ4n) is 4.28. The lowest BCUT2D eigenvalue weighted by molar-refractivity contribution is -0.145. The number of carboxylic acids is 1. The number of rotatable bonds is 10. The van der Waals surface area contributed by atoms with Crippen molar-refractivity contribution in [3.8, 4) is 11.1 Å². The highest BCUT2D eigenvalue weighted by molar-refractivity contribution is 5.88. The zero-order valence-corrected chi connectivity index (χ0v) is 20.3. The van der Waals surface area contributed by atoms with Crippen molar-refractivity contribution in [2.45, 2.75) is 52.5 Å². The van der Waals surface area contributed by atoms with Crippen LogP contribution < -0.4 is 10.6 Å². The average Bonchev–Trinajstić information content (AvgIpc) is 3.17. The molecule has 34 heavy (non-hydrogen) atoms. The summed E-state index contributed by atoms with van der Waals surface area (Å²) in [4.78, 5) is 37.1. The summed E-state index contributed by atoms with van der Waals surface area (Å²) in [7, 11) is 0. The molecule has 7 nitrogen and oxygen atoms in total. The molecule has 2 aromatic carbocycles. The number of alkyl carbamates (subject to hydrolysis) is 1. The average molecular weight is 467 g/mol. The second-order valence-electron chi connectivity index (χ2n) is 9.27. The zero-order chi connectivity index (χ0) is 24.9. The lowest BCUT2D eigenvalue weighted by Gasteiger charge is -2.30. The molecule has 0 aliphatic heterocycles. The van der Waals surface area contributed by atoms with Gasteiger partial charge in [-0.2, -0.15) is 0 Å². The second kappa shape index (κ2) is 10.7. The summed E-state index contributed by atoms with van der Waals surface area (Å²) in [6.07, 6.45) is 0.444. The Labute approximate surface area is 200 Å². The third-order valence-corrected chi connectivity index (χ3v) is 7.06. The first-order chi connectivity index (χ1) is 16.2. The van der Waals surface area contributed by atoms with E-state index >= 15 is 0 Å². The Bertz CT molecular complexity index is 1010. The minimum Gasteiger partial charge on any atom is -0.480 e. The Morgan fingerprint density at radius 3 is 2.09 bits per heavy atom. The van der Waals surface area contributed by atoms with Crippen LogP contribution in [0.15, 0.2) is 48.5 Å². The van der Waals surface area contributed by atoms with E-state index in [4.69, 9.17) is 4.74 Å². The first-order valence-corrected chi connectivity index (χ1v) is 11.8. The van der Waals surface area contributed by atoms with Gasteiger partial charge in [0.1, 0.15) is 12.6 Å². The first-order valence-electron chi connectivity index (χ1n) is 11.8. The smallest absolute Gasteiger partial charge is 0.407 e. The quantitative estimate of drug-likeness (QED) is 0.476. The molecule has 0 fully saturated rings. The molecular formula is C27H34N2O5. The van der Waals surface area contributed by atoms with E-state index in [0.29, 0.717) is 12.8 Å². The first kappa shape index (κ1) is 25.3. The van der Waals surface area contributed by atoms with Crippen LogP contribution in [-0.2, 0) is 14.3 Å². The summed E-state index contributed by atoms with van der Waals surface area (Å²) in [5.41, 5.74) is 3.58. The molecule has 0 saturated heterocycles. The van der Waals surface area contributed by atoms with Crippen LogP contribution in [0.1, 0.15) is 57.6 Å². The molecule has 182 valence electrons. The Kier molecular flexibility index (Phi) is 7.97. The van der Waals surface area contributed by atoms with E-state index in [-0.39, 0.29) is 25.0 Å². The highest BCUT2D eigenvalue weighted by Crippen LogP contribution is 2.44. The van der Waals surface area contributed by atoms with E-state index in [1.54, 1.807) is 13.8 Å². The van der Waals surface area contributed by atoms with Gasteiger partial charge in [-0.15, -0.1) is 0 Å². The van der Waals surface area contributed by atoms with Crippen LogP contribution >= 0.6 is 0 Å². The fraction of sp³-hybridized carbons (Fsp3) is 0.444. The van der Waals surface area contributed by atoms with Crippen molar-refractivity contribution >= 4 is 18.0 Å². The lowest BCUT2D eigenvalue weighted by atomic mass is 9.85. The van der Waals surface area contributed by atoms with Crippen molar-refractivity contribution in [1.82, 2.24) is 10.6 Å². The Hall–Kier alpha value is -3.35. The van der Waals surface area contributed by atoms with Crippen molar-refractivity contribution in [3.05, 3.63) is 59.7 Å². The standard InChI is InChI=1S/C27H34N2O5/c1-5-17(3)23(24(30)31)29-25(32)27(4,6-2)16-28-26(33)34-15-22-20-13-9-7-11-18(20)19-12-8-10-14-21(19)22/h7-14,17,22-23H,5-6,15-16H2,1-4H3,(H,28,33)(H,29,32)(H,30,31). The van der Waals surface area contributed by atoms with E-state index in [2.05, 4.69) is 34.9 Å². The van der Waals surface area contributed by atoms with Crippen molar-refractivity contribution in [1.29, 1.82) is 0 Å². The van der Waals surface area contributed by atoms with Crippen molar-refractivity contribution < 1.29 is 24.2 Å². The van der Waals surface area contributed by atoms with E-state index in [1.807, 2.05) is 38.1 Å². The van der Waals surface area contributed by atoms with Gasteiger partial charge in [0.05, 0.1) is 5.41 Å². The zero-order valence-electron chi connectivity index (χ0n) is 20.3. The minimum absolute atomic E-state index is 0.0405. The van der Waals surface area contributed by atoms with Gasteiger partial charge in [0.25, 0.3) is 0 Å². The SMILES string of the molecule is CCC(C)C(NC(=O)C(C)(CC)CNC(=O)OCC1c2ccccc2-c2ccccc21)C(=O)O. The van der Waals surface area contributed by atoms with Crippen molar-refractivity contribution in [3.63, 3.8) is 0 Å². The van der Waals surface area contributed by atoms with Crippen LogP contribution in [0, 0.1) is 11.3 Å². The molecule has 2 aromatic rings. The molecule has 3 unspecified atom stereocenters. The van der Waals surface area contributed by atoms with Gasteiger partial charge in [-0.3, -0.25) is 4.79 Å². The molecule has 2 amide bonds. The normalized spacial score (nSPS) is 15.9. The van der Waals surface area contributed by atoms with E-state index in [0.717, 1.165) is 22.3 Å². The topological polar surface area (TPSA) is 105 Å². The molecule has 0 radical (unpaired) electrons. The maximum Gasteiger partial charge on any atom is 0.407 e. The number of carbonyl (C=O) groups excluding carboxylic acids is 2. The molecule has 3 atom stereocenters. The van der Waals surface area contributed by atoms with Crippen LogP contribution in [0.3, 0.4) is 0 Å². The molecule has 0 spiro atoms. The molecule has 0 bridgehead atoms. The van der Waals surface area contributed by atoms with E-state index < -0.39 is 29.4 Å². The summed E-state index contributed by atoms with van der Waals surface area (Å²) in [5.74, 6) is -1.73. The van der Waals surface area contributed by atoms with Crippen molar-refractivity contribution in [2.24, 2.45) is 11.3 Å². The molecule has 1 aliphatic rings. The van der Waals surface area contributed by atoms with Gasteiger partial charge in [-0.1, -0.05) is 75.7 Å². The van der Waals surface area contributed by atoms with E-state index in [9.17, 15) is 19.5 Å². The molecular weight excluding hydrogens is 432 g/mol. The van der Waals surface area contributed by atoms with Gasteiger partial charge >= 0.3 is 12.1 Å². The Morgan fingerprint density at radius 1 is 1.03 bits per heavy atom. The van der Waals surface area contributed by atoms with Crippen LogP contribution in [0.25, 0.3) is 11.1 Å². The Morgan fingerprint density at radius 2 is 1.59 bits per heavy atom. The van der Waals surface area contributed by atoms with Crippen LogP contribution in [0.4, 0.5) is 4.79 Å². The third-order valence-electron chi connectivity index (χ3n) is 7.06. The largest absolute Gasteiger partial charge is 0.480 e. The van der Waals surface area contributed by atoms with Crippen LogP contribution in [0.5, 0.6) is 0 Å². The van der Waals surface area contributed by atoms with Gasteiger partial charge in [-0.05, 0) is 41.5 Å². The lowest BCUT2D eigenvalue weighted by Crippen LogP contribution is -2.53.